The molecule has 0 unspecified atom stereocenters. The van der Waals surface area contributed by atoms with Crippen LogP contribution in [-0.2, 0) is 0 Å². The molecule has 2 N–H and O–H groups in total. The van der Waals surface area contributed by atoms with E-state index in [1.54, 1.807) is 0 Å². The standard InChI is InChI=1S/C17H25N5/c1-12(2)14-20-15-13(4-7-19-15)16(21-14)22-9-3-5-17(11-22)6-8-18-10-17/h4,7,12,18H,3,5-6,8-11H2,1-2H3,(H,19,20,21)/t17-/m0/s1. The molecule has 4 rings (SSSR count). The summed E-state index contributed by atoms with van der Waals surface area (Å²) in [5.74, 6) is 2.41. The molecule has 2 aliphatic rings. The molecule has 0 saturated carbocycles. The number of hydrogen-bond donors (Lipinski definition) is 2. The zero-order valence-electron chi connectivity index (χ0n) is 13.5. The monoisotopic (exact) mass is 299 g/mol. The Hall–Kier alpha value is -1.62. The SMILES string of the molecule is CC(C)c1nc(N2CCC[C@@]3(CCNC3)C2)c2cc[nH]c2n1. The topological polar surface area (TPSA) is 56.8 Å². The van der Waals surface area contributed by atoms with Gasteiger partial charge in [0.1, 0.15) is 17.3 Å². The molecular formula is C17H25N5. The number of nitrogens with one attached hydrogen (secondary N) is 2. The summed E-state index contributed by atoms with van der Waals surface area (Å²) in [6, 6.07) is 2.11. The zero-order valence-corrected chi connectivity index (χ0v) is 13.5. The molecule has 118 valence electrons. The van der Waals surface area contributed by atoms with E-state index in [4.69, 9.17) is 4.98 Å². The Morgan fingerprint density at radius 3 is 2.95 bits per heavy atom. The summed E-state index contributed by atoms with van der Waals surface area (Å²) in [5, 5.41) is 4.71. The van der Waals surface area contributed by atoms with Gasteiger partial charge in [-0.05, 0) is 31.9 Å². The zero-order chi connectivity index (χ0) is 15.2. The van der Waals surface area contributed by atoms with Gasteiger partial charge in [0.25, 0.3) is 0 Å². The molecule has 2 saturated heterocycles. The van der Waals surface area contributed by atoms with Crippen LogP contribution in [0, 0.1) is 5.41 Å². The van der Waals surface area contributed by atoms with Crippen molar-refractivity contribution in [3.05, 3.63) is 18.1 Å². The first-order chi connectivity index (χ1) is 10.7. The average Bonchev–Trinajstić information content (AvgIpc) is 3.15. The fraction of sp³-hybridized carbons (Fsp3) is 0.647. The molecule has 0 aliphatic carbocycles. The Balaban J connectivity index is 1.74. The van der Waals surface area contributed by atoms with E-state index in [0.717, 1.165) is 48.9 Å². The van der Waals surface area contributed by atoms with E-state index in [2.05, 4.69) is 40.1 Å². The number of rotatable bonds is 2. The molecule has 1 spiro atoms. The van der Waals surface area contributed by atoms with Crippen molar-refractivity contribution in [2.45, 2.75) is 39.0 Å². The predicted octanol–water partition coefficient (Wildman–Crippen LogP) is 2.66. The minimum Gasteiger partial charge on any atom is -0.355 e. The lowest BCUT2D eigenvalue weighted by molar-refractivity contribution is 0.260. The summed E-state index contributed by atoms with van der Waals surface area (Å²) >= 11 is 0. The second kappa shape index (κ2) is 5.23. The maximum Gasteiger partial charge on any atom is 0.143 e. The average molecular weight is 299 g/mol. The van der Waals surface area contributed by atoms with Crippen molar-refractivity contribution < 1.29 is 0 Å². The van der Waals surface area contributed by atoms with Gasteiger partial charge in [0.05, 0.1) is 5.39 Å². The third kappa shape index (κ3) is 2.28. The summed E-state index contributed by atoms with van der Waals surface area (Å²) in [4.78, 5) is 15.4. The number of piperidine rings is 1. The summed E-state index contributed by atoms with van der Waals surface area (Å²) in [6.45, 7) is 8.86. The first-order valence-electron chi connectivity index (χ1n) is 8.48. The van der Waals surface area contributed by atoms with E-state index < -0.39 is 0 Å². The van der Waals surface area contributed by atoms with Gasteiger partial charge in [0, 0.05) is 37.2 Å². The number of H-pyrrole nitrogens is 1. The van der Waals surface area contributed by atoms with Crippen molar-refractivity contribution in [2.24, 2.45) is 5.41 Å². The molecule has 2 aromatic rings. The highest BCUT2D eigenvalue weighted by Crippen LogP contribution is 2.38. The van der Waals surface area contributed by atoms with Crippen LogP contribution in [0.5, 0.6) is 0 Å². The second-order valence-electron chi connectivity index (χ2n) is 7.25. The smallest absolute Gasteiger partial charge is 0.143 e. The van der Waals surface area contributed by atoms with Gasteiger partial charge in [-0.1, -0.05) is 13.8 Å². The van der Waals surface area contributed by atoms with Gasteiger partial charge in [-0.2, -0.15) is 0 Å². The Kier molecular flexibility index (Phi) is 3.33. The molecule has 5 nitrogen and oxygen atoms in total. The highest BCUT2D eigenvalue weighted by atomic mass is 15.2. The summed E-state index contributed by atoms with van der Waals surface area (Å²) in [7, 11) is 0. The fourth-order valence-corrected chi connectivity index (χ4v) is 3.97. The lowest BCUT2D eigenvalue weighted by Gasteiger charge is -2.41. The molecular weight excluding hydrogens is 274 g/mol. The number of anilines is 1. The highest BCUT2D eigenvalue weighted by Gasteiger charge is 2.38. The van der Waals surface area contributed by atoms with Crippen molar-refractivity contribution in [1.82, 2.24) is 20.3 Å². The number of hydrogen-bond acceptors (Lipinski definition) is 4. The molecule has 4 heterocycles. The van der Waals surface area contributed by atoms with Gasteiger partial charge < -0.3 is 15.2 Å². The number of aromatic nitrogens is 3. The first-order valence-corrected chi connectivity index (χ1v) is 8.48. The van der Waals surface area contributed by atoms with Gasteiger partial charge >= 0.3 is 0 Å². The number of nitrogens with zero attached hydrogens (tertiary/aromatic N) is 3. The van der Waals surface area contributed by atoms with Crippen LogP contribution in [0.15, 0.2) is 12.3 Å². The summed E-state index contributed by atoms with van der Waals surface area (Å²) < 4.78 is 0. The third-order valence-corrected chi connectivity index (χ3v) is 5.22. The van der Waals surface area contributed by atoms with Crippen molar-refractivity contribution in [3.63, 3.8) is 0 Å². The molecule has 2 aromatic heterocycles. The lowest BCUT2D eigenvalue weighted by atomic mass is 9.79. The maximum atomic E-state index is 4.93. The van der Waals surface area contributed by atoms with E-state index in [1.807, 2.05) is 6.20 Å². The molecule has 1 atom stereocenters. The van der Waals surface area contributed by atoms with Crippen LogP contribution >= 0.6 is 0 Å². The van der Waals surface area contributed by atoms with Crippen molar-refractivity contribution in [2.75, 3.05) is 31.1 Å². The Morgan fingerprint density at radius 2 is 2.18 bits per heavy atom. The minimum atomic E-state index is 0.346. The molecule has 22 heavy (non-hydrogen) atoms. The minimum absolute atomic E-state index is 0.346. The molecule has 0 bridgehead atoms. The van der Waals surface area contributed by atoms with E-state index in [1.165, 1.54) is 19.3 Å². The van der Waals surface area contributed by atoms with E-state index in [-0.39, 0.29) is 0 Å². The van der Waals surface area contributed by atoms with Crippen molar-refractivity contribution >= 4 is 16.9 Å². The van der Waals surface area contributed by atoms with Crippen LogP contribution < -0.4 is 10.2 Å². The molecule has 5 heteroatoms. The van der Waals surface area contributed by atoms with Crippen LogP contribution in [0.2, 0.25) is 0 Å². The molecule has 2 aliphatic heterocycles. The van der Waals surface area contributed by atoms with E-state index in [9.17, 15) is 0 Å². The third-order valence-electron chi connectivity index (χ3n) is 5.22. The lowest BCUT2D eigenvalue weighted by Crippen LogP contribution is -2.45. The van der Waals surface area contributed by atoms with Crippen LogP contribution in [0.1, 0.15) is 44.9 Å². The Morgan fingerprint density at radius 1 is 1.27 bits per heavy atom. The Labute approximate surface area is 131 Å². The maximum absolute atomic E-state index is 4.93. The van der Waals surface area contributed by atoms with Gasteiger partial charge in [-0.3, -0.25) is 0 Å². The number of fused-ring (bicyclic) bond motifs is 1. The van der Waals surface area contributed by atoms with Crippen LogP contribution in [-0.4, -0.2) is 41.1 Å². The largest absolute Gasteiger partial charge is 0.355 e. The van der Waals surface area contributed by atoms with Gasteiger partial charge in [-0.25, -0.2) is 9.97 Å². The number of aromatic amines is 1. The molecule has 0 radical (unpaired) electrons. The fourth-order valence-electron chi connectivity index (χ4n) is 3.97. The Bertz CT molecular complexity index is 669. The summed E-state index contributed by atoms with van der Waals surface area (Å²) in [6.07, 6.45) is 5.87. The van der Waals surface area contributed by atoms with Crippen molar-refractivity contribution in [3.8, 4) is 0 Å². The summed E-state index contributed by atoms with van der Waals surface area (Å²) in [5.41, 5.74) is 1.42. The molecule has 2 fully saturated rings. The second-order valence-corrected chi connectivity index (χ2v) is 7.25. The van der Waals surface area contributed by atoms with Crippen LogP contribution in [0.4, 0.5) is 5.82 Å². The van der Waals surface area contributed by atoms with E-state index in [0.29, 0.717) is 11.3 Å². The molecule has 0 amide bonds. The molecule has 0 aromatic carbocycles. The van der Waals surface area contributed by atoms with Gasteiger partial charge in [0.2, 0.25) is 0 Å². The van der Waals surface area contributed by atoms with E-state index >= 15 is 0 Å². The highest BCUT2D eigenvalue weighted by molar-refractivity contribution is 5.87. The quantitative estimate of drug-likeness (QED) is 0.895. The van der Waals surface area contributed by atoms with Gasteiger partial charge in [0.15, 0.2) is 0 Å². The predicted molar refractivity (Wildman–Crippen MR) is 89.3 cm³/mol. The first kappa shape index (κ1) is 14.0. The van der Waals surface area contributed by atoms with Crippen LogP contribution in [0.3, 0.4) is 0 Å². The van der Waals surface area contributed by atoms with Crippen LogP contribution in [0.25, 0.3) is 11.0 Å². The normalized spacial score (nSPS) is 25.7. The van der Waals surface area contributed by atoms with Gasteiger partial charge in [-0.15, -0.1) is 0 Å². The van der Waals surface area contributed by atoms with Crippen molar-refractivity contribution in [1.29, 1.82) is 0 Å².